The summed E-state index contributed by atoms with van der Waals surface area (Å²) in [6.45, 7) is 5.98. The minimum Gasteiger partial charge on any atom is -0.462 e. The molecule has 0 unspecified atom stereocenters. The van der Waals surface area contributed by atoms with Gasteiger partial charge < -0.3 is 10.1 Å². The number of ether oxygens (including phenoxy) is 1. The highest BCUT2D eigenvalue weighted by Gasteiger charge is 2.28. The first-order valence-corrected chi connectivity index (χ1v) is 14.7. The van der Waals surface area contributed by atoms with Gasteiger partial charge in [0.25, 0.3) is 5.56 Å². The lowest BCUT2D eigenvalue weighted by molar-refractivity contribution is -0.113. The van der Waals surface area contributed by atoms with Crippen LogP contribution in [-0.2, 0) is 28.9 Å². The number of rotatable bonds is 9. The number of fused-ring (bicyclic) bond motifs is 2. The Balaban J connectivity index is 1.40. The van der Waals surface area contributed by atoms with Crippen LogP contribution in [0.1, 0.15) is 34.1 Å². The second kappa shape index (κ2) is 11.2. The molecule has 3 heterocycles. The molecule has 0 atom stereocenters. The number of hydrogen-bond donors (Lipinski definition) is 1. The molecule has 1 aliphatic rings. The predicted octanol–water partition coefficient (Wildman–Crippen LogP) is 5.91. The molecular weight excluding hydrogens is 546 g/mol. The summed E-state index contributed by atoms with van der Waals surface area (Å²) in [6, 6.07) is 5.97. The molecule has 38 heavy (non-hydrogen) atoms. The van der Waals surface area contributed by atoms with Gasteiger partial charge in [0.15, 0.2) is 5.16 Å². The Bertz CT molecular complexity index is 1600. The number of halogens is 1. The zero-order valence-electron chi connectivity index (χ0n) is 20.5. The number of thioether (sulfide) groups is 1. The number of aromatic nitrogens is 2. The molecular formula is C27H24FN3O4S3. The number of allylic oxidation sites excluding steroid dienone is 1. The van der Waals surface area contributed by atoms with Gasteiger partial charge in [-0.3, -0.25) is 14.2 Å². The summed E-state index contributed by atoms with van der Waals surface area (Å²) in [5.41, 5.74) is 2.59. The van der Waals surface area contributed by atoms with Crippen LogP contribution in [-0.4, -0.2) is 33.8 Å². The molecule has 7 nitrogen and oxygen atoms in total. The van der Waals surface area contributed by atoms with E-state index in [9.17, 15) is 18.8 Å². The smallest absolute Gasteiger partial charge is 0.341 e. The van der Waals surface area contributed by atoms with Crippen molar-refractivity contribution in [1.82, 2.24) is 9.55 Å². The maximum atomic E-state index is 13.5. The van der Waals surface area contributed by atoms with Gasteiger partial charge in [-0.25, -0.2) is 14.2 Å². The van der Waals surface area contributed by atoms with E-state index in [-0.39, 0.29) is 36.2 Å². The van der Waals surface area contributed by atoms with E-state index in [1.165, 1.54) is 39.4 Å². The van der Waals surface area contributed by atoms with Crippen LogP contribution in [0.15, 0.2) is 52.3 Å². The molecule has 11 heteroatoms. The number of nitrogens with zero attached hydrogens (tertiary/aromatic N) is 2. The monoisotopic (exact) mass is 569 g/mol. The Hall–Kier alpha value is -3.28. The molecule has 0 radical (unpaired) electrons. The van der Waals surface area contributed by atoms with Crippen LogP contribution in [0.4, 0.5) is 9.39 Å². The molecule has 1 aliphatic carbocycles. The number of nitrogens with one attached hydrogen (secondary N) is 1. The first-order valence-electron chi connectivity index (χ1n) is 12.0. The first kappa shape index (κ1) is 26.3. The maximum absolute atomic E-state index is 13.5. The van der Waals surface area contributed by atoms with Gasteiger partial charge in [-0.2, -0.15) is 0 Å². The topological polar surface area (TPSA) is 90.3 Å². The van der Waals surface area contributed by atoms with Crippen molar-refractivity contribution < 1.29 is 18.7 Å². The normalized spacial score (nSPS) is 12.5. The van der Waals surface area contributed by atoms with Crippen molar-refractivity contribution in [1.29, 1.82) is 0 Å². The van der Waals surface area contributed by atoms with Gasteiger partial charge in [-0.1, -0.05) is 30.0 Å². The molecule has 0 aliphatic heterocycles. The van der Waals surface area contributed by atoms with E-state index in [1.807, 2.05) is 5.38 Å². The number of benzene rings is 1. The van der Waals surface area contributed by atoms with Gasteiger partial charge in [0.2, 0.25) is 5.91 Å². The number of hydrogen-bond acceptors (Lipinski definition) is 8. The van der Waals surface area contributed by atoms with E-state index in [1.54, 1.807) is 25.1 Å². The van der Waals surface area contributed by atoms with Crippen LogP contribution >= 0.6 is 34.4 Å². The maximum Gasteiger partial charge on any atom is 0.341 e. The average Bonchev–Trinajstić information content (AvgIpc) is 3.60. The summed E-state index contributed by atoms with van der Waals surface area (Å²) in [4.78, 5) is 45.4. The fraction of sp³-hybridized carbons (Fsp3) is 0.259. The Morgan fingerprint density at radius 3 is 2.82 bits per heavy atom. The van der Waals surface area contributed by atoms with Gasteiger partial charge in [0.05, 0.1) is 23.3 Å². The Morgan fingerprint density at radius 1 is 1.29 bits per heavy atom. The van der Waals surface area contributed by atoms with Crippen LogP contribution in [0.25, 0.3) is 21.3 Å². The van der Waals surface area contributed by atoms with Gasteiger partial charge >= 0.3 is 5.97 Å². The van der Waals surface area contributed by atoms with E-state index >= 15 is 0 Å². The molecule has 0 spiro atoms. The molecule has 4 aromatic rings. The van der Waals surface area contributed by atoms with Crippen molar-refractivity contribution in [3.8, 4) is 11.1 Å². The van der Waals surface area contributed by atoms with E-state index in [0.29, 0.717) is 31.5 Å². The van der Waals surface area contributed by atoms with Gasteiger partial charge in [0.1, 0.15) is 15.6 Å². The highest BCUT2D eigenvalue weighted by Crippen LogP contribution is 2.40. The highest BCUT2D eigenvalue weighted by molar-refractivity contribution is 7.99. The van der Waals surface area contributed by atoms with Gasteiger partial charge in [0, 0.05) is 22.4 Å². The molecule has 196 valence electrons. The van der Waals surface area contributed by atoms with E-state index in [4.69, 9.17) is 4.74 Å². The summed E-state index contributed by atoms with van der Waals surface area (Å²) in [7, 11) is 0. The molecule has 3 aromatic heterocycles. The Labute approximate surface area is 230 Å². The Morgan fingerprint density at radius 2 is 2.08 bits per heavy atom. The zero-order valence-corrected chi connectivity index (χ0v) is 23.0. The van der Waals surface area contributed by atoms with Crippen LogP contribution in [0.3, 0.4) is 0 Å². The summed E-state index contributed by atoms with van der Waals surface area (Å²) in [5.74, 6) is -1.08. The first-order chi connectivity index (χ1) is 18.4. The van der Waals surface area contributed by atoms with E-state index in [0.717, 1.165) is 47.0 Å². The minimum atomic E-state index is -0.420. The SMILES string of the molecule is C=CCn1c(SCC(=O)Nc2sc3c(c2C(=O)OCC)CCC3)nc2scc(-c3ccc(F)cc3)c2c1=O. The number of esters is 1. The fourth-order valence-corrected chi connectivity index (χ4v) is 7.54. The summed E-state index contributed by atoms with van der Waals surface area (Å²) in [6.07, 6.45) is 4.26. The van der Waals surface area contributed by atoms with Crippen molar-refractivity contribution in [2.75, 3.05) is 17.7 Å². The number of thiophene rings is 2. The zero-order chi connectivity index (χ0) is 26.8. The molecule has 0 saturated carbocycles. The third-order valence-electron chi connectivity index (χ3n) is 6.11. The van der Waals surface area contributed by atoms with Crippen molar-refractivity contribution >= 4 is 61.5 Å². The number of aryl methyl sites for hydroxylation is 1. The lowest BCUT2D eigenvalue weighted by atomic mass is 10.1. The predicted molar refractivity (Wildman–Crippen MR) is 151 cm³/mol. The lowest BCUT2D eigenvalue weighted by Gasteiger charge is -2.11. The number of anilines is 1. The third-order valence-corrected chi connectivity index (χ3v) is 9.17. The lowest BCUT2D eigenvalue weighted by Crippen LogP contribution is -2.23. The van der Waals surface area contributed by atoms with Crippen LogP contribution in [0.2, 0.25) is 0 Å². The third kappa shape index (κ3) is 5.05. The van der Waals surface area contributed by atoms with Crippen molar-refractivity contribution in [3.63, 3.8) is 0 Å². The summed E-state index contributed by atoms with van der Waals surface area (Å²) >= 11 is 3.89. The minimum absolute atomic E-state index is 0.00385. The second-order valence-corrected chi connectivity index (χ2v) is 11.5. The van der Waals surface area contributed by atoms with Crippen LogP contribution < -0.4 is 10.9 Å². The van der Waals surface area contributed by atoms with E-state index < -0.39 is 5.97 Å². The molecule has 1 N–H and O–H groups in total. The average molecular weight is 570 g/mol. The molecule has 0 saturated heterocycles. The second-order valence-electron chi connectivity index (χ2n) is 8.55. The molecule has 0 fully saturated rings. The van der Waals surface area contributed by atoms with Gasteiger partial charge in [-0.15, -0.1) is 29.3 Å². The largest absolute Gasteiger partial charge is 0.462 e. The molecule has 0 bridgehead atoms. The number of carbonyl (C=O) groups excluding carboxylic acids is 2. The van der Waals surface area contributed by atoms with E-state index in [2.05, 4.69) is 16.9 Å². The summed E-state index contributed by atoms with van der Waals surface area (Å²) in [5, 5.41) is 6.06. The fourth-order valence-electron chi connectivity index (χ4n) is 4.45. The Kier molecular flexibility index (Phi) is 7.78. The molecule has 1 aromatic carbocycles. The van der Waals surface area contributed by atoms with Crippen molar-refractivity contribution in [3.05, 3.63) is 74.5 Å². The van der Waals surface area contributed by atoms with Crippen molar-refractivity contribution in [2.24, 2.45) is 0 Å². The molecule has 5 rings (SSSR count). The van der Waals surface area contributed by atoms with Crippen LogP contribution in [0.5, 0.6) is 0 Å². The standard InChI is InChI=1S/C27H24FN3O4S3/c1-3-12-31-25(33)21-18(15-8-10-16(28)11-9-15)13-36-23(21)30-27(31)37-14-20(32)29-24-22(26(34)35-4-2)17-6-5-7-19(17)38-24/h3,8-11,13H,1,4-7,12,14H2,2H3,(H,29,32). The highest BCUT2D eigenvalue weighted by atomic mass is 32.2. The number of carbonyl (C=O) groups is 2. The molecule has 1 amide bonds. The quantitative estimate of drug-likeness (QED) is 0.117. The van der Waals surface area contributed by atoms with Crippen molar-refractivity contribution in [2.45, 2.75) is 37.9 Å². The van der Waals surface area contributed by atoms with Gasteiger partial charge in [-0.05, 0) is 49.4 Å². The number of amides is 1. The van der Waals surface area contributed by atoms with Crippen LogP contribution in [0, 0.1) is 5.82 Å². The summed E-state index contributed by atoms with van der Waals surface area (Å²) < 4.78 is 20.1.